The van der Waals surface area contributed by atoms with Crippen molar-refractivity contribution in [2.45, 2.75) is 64.0 Å². The van der Waals surface area contributed by atoms with Crippen LogP contribution in [0.5, 0.6) is 0 Å². The number of hydrogen-bond acceptors (Lipinski definition) is 6. The molecular weight excluding hydrogens is 452 g/mol. The summed E-state index contributed by atoms with van der Waals surface area (Å²) in [7, 11) is 0. The first-order chi connectivity index (χ1) is 16.8. The predicted octanol–water partition coefficient (Wildman–Crippen LogP) is 2.71. The van der Waals surface area contributed by atoms with Crippen LogP contribution in [0, 0.1) is 11.8 Å². The molecule has 1 aliphatic heterocycles. The zero-order valence-corrected chi connectivity index (χ0v) is 20.3. The molecule has 0 radical (unpaired) electrons. The van der Waals surface area contributed by atoms with Crippen LogP contribution in [0.25, 0.3) is 0 Å². The van der Waals surface area contributed by atoms with Crippen molar-refractivity contribution >= 4 is 24.4 Å². The topological polar surface area (TPSA) is 136 Å². The third-order valence-corrected chi connectivity index (χ3v) is 7.47. The van der Waals surface area contributed by atoms with E-state index in [0.29, 0.717) is 35.8 Å². The lowest BCUT2D eigenvalue weighted by atomic mass is 9.91. The maximum absolute atomic E-state index is 13.9. The van der Waals surface area contributed by atoms with Gasteiger partial charge < -0.3 is 10.4 Å². The molecule has 2 fully saturated rings. The Bertz CT molecular complexity index is 891. The molecule has 4 atom stereocenters. The molecule has 1 aromatic carbocycles. The van der Waals surface area contributed by atoms with Crippen LogP contribution >= 0.6 is 0 Å². The highest BCUT2D eigenvalue weighted by Crippen LogP contribution is 2.35. The van der Waals surface area contributed by atoms with Gasteiger partial charge in [-0.05, 0) is 24.8 Å². The van der Waals surface area contributed by atoms with E-state index in [2.05, 4.69) is 10.6 Å². The summed E-state index contributed by atoms with van der Waals surface area (Å²) in [4.78, 5) is 50.9. The van der Waals surface area contributed by atoms with E-state index in [1.54, 1.807) is 24.3 Å². The standard InChI is InChI=1S/C25H36N4O6/c1-18-8-7-13-29(18,23(32)21(16-28(35)17-30)14-19-9-5-6-10-19)25(34)27-24(33)26-15-22(31)20-11-3-2-4-12-20/h2-4,11-12,17-19,21-22,31,35H,5-10,13-16H2,1H3,(H-,26,27,33,34)/p+1/t18-,21-,22+,29?/m1/s1. The van der Waals surface area contributed by atoms with E-state index in [1.165, 1.54) is 0 Å². The van der Waals surface area contributed by atoms with Crippen LogP contribution in [0.4, 0.5) is 9.59 Å². The number of nitrogens with one attached hydrogen (secondary N) is 2. The first-order valence-electron chi connectivity index (χ1n) is 12.4. The average Bonchev–Trinajstić information content (AvgIpc) is 3.52. The Morgan fingerprint density at radius 1 is 1.14 bits per heavy atom. The van der Waals surface area contributed by atoms with Crippen molar-refractivity contribution in [2.24, 2.45) is 11.8 Å². The second kappa shape index (κ2) is 12.2. The number of aliphatic hydroxyl groups is 1. The number of carbonyl (C=O) groups is 4. The predicted molar refractivity (Wildman–Crippen MR) is 127 cm³/mol. The molecule has 6 amide bonds. The minimum absolute atomic E-state index is 0.101. The van der Waals surface area contributed by atoms with Gasteiger partial charge in [0.2, 0.25) is 6.41 Å². The molecule has 1 saturated heterocycles. The molecule has 10 heteroatoms. The minimum Gasteiger partial charge on any atom is -0.387 e. The van der Waals surface area contributed by atoms with E-state index < -0.39 is 28.6 Å². The molecular formula is C25H37N4O6+. The minimum atomic E-state index is -0.942. The molecule has 1 saturated carbocycles. The van der Waals surface area contributed by atoms with E-state index in [1.807, 2.05) is 13.0 Å². The fourth-order valence-electron chi connectivity index (χ4n) is 5.53. The second-order valence-corrected chi connectivity index (χ2v) is 9.80. The van der Waals surface area contributed by atoms with Gasteiger partial charge in [0.05, 0.1) is 25.1 Å². The van der Waals surface area contributed by atoms with Crippen LogP contribution in [0.2, 0.25) is 0 Å². The maximum atomic E-state index is 13.9. The van der Waals surface area contributed by atoms with E-state index in [-0.39, 0.29) is 38.0 Å². The SMILES string of the molecule is C[C@@H]1CCC[N+]1(C(=O)NC(=O)NC[C@H](O)c1ccccc1)C(=O)[C@H](CC1CCCC1)CN(O)C=O. The number of rotatable bonds is 9. The molecule has 1 heterocycles. The molecule has 0 spiro atoms. The Balaban J connectivity index is 1.71. The average molecular weight is 490 g/mol. The molecule has 0 aromatic heterocycles. The third kappa shape index (κ3) is 6.45. The van der Waals surface area contributed by atoms with Gasteiger partial charge in [0.1, 0.15) is 6.04 Å². The summed E-state index contributed by atoms with van der Waals surface area (Å²) in [6.07, 6.45) is 5.19. The number of quaternary nitrogens is 1. The van der Waals surface area contributed by atoms with E-state index in [4.69, 9.17) is 0 Å². The highest BCUT2D eigenvalue weighted by atomic mass is 16.5. The number of urea groups is 2. The lowest BCUT2D eigenvalue weighted by Gasteiger charge is -2.36. The fraction of sp³-hybridized carbons (Fsp3) is 0.600. The lowest BCUT2D eigenvalue weighted by Crippen LogP contribution is -2.66. The van der Waals surface area contributed by atoms with Crippen molar-refractivity contribution < 1.29 is 34.0 Å². The zero-order valence-electron chi connectivity index (χ0n) is 20.3. The van der Waals surface area contributed by atoms with Gasteiger partial charge >= 0.3 is 18.0 Å². The highest BCUT2D eigenvalue weighted by Gasteiger charge is 2.55. The molecule has 2 aliphatic rings. The van der Waals surface area contributed by atoms with E-state index in [9.17, 15) is 29.5 Å². The molecule has 192 valence electrons. The molecule has 10 nitrogen and oxygen atoms in total. The fourth-order valence-corrected chi connectivity index (χ4v) is 5.53. The Morgan fingerprint density at radius 3 is 2.43 bits per heavy atom. The summed E-state index contributed by atoms with van der Waals surface area (Å²) >= 11 is 0. The second-order valence-electron chi connectivity index (χ2n) is 9.80. The van der Waals surface area contributed by atoms with Crippen LogP contribution in [0.15, 0.2) is 30.3 Å². The molecule has 1 aliphatic carbocycles. The van der Waals surface area contributed by atoms with Crippen LogP contribution < -0.4 is 10.6 Å². The molecule has 1 aromatic rings. The summed E-state index contributed by atoms with van der Waals surface area (Å²) in [5.41, 5.74) is 0.629. The van der Waals surface area contributed by atoms with E-state index >= 15 is 0 Å². The Hall–Kier alpha value is -2.82. The van der Waals surface area contributed by atoms with Gasteiger partial charge in [-0.15, -0.1) is 0 Å². The lowest BCUT2D eigenvalue weighted by molar-refractivity contribution is -0.786. The number of carbonyl (C=O) groups excluding carboxylic acids is 4. The van der Waals surface area contributed by atoms with Crippen molar-refractivity contribution in [1.29, 1.82) is 0 Å². The van der Waals surface area contributed by atoms with Gasteiger partial charge in [0.25, 0.3) is 0 Å². The van der Waals surface area contributed by atoms with Crippen LogP contribution in [-0.4, -0.2) is 69.9 Å². The number of aliphatic hydroxyl groups excluding tert-OH is 1. The van der Waals surface area contributed by atoms with Crippen molar-refractivity contribution in [2.75, 3.05) is 19.6 Å². The van der Waals surface area contributed by atoms with Gasteiger partial charge in [-0.2, -0.15) is 4.48 Å². The number of imide groups is 2. The third-order valence-electron chi connectivity index (χ3n) is 7.47. The van der Waals surface area contributed by atoms with Crippen molar-refractivity contribution in [1.82, 2.24) is 15.7 Å². The summed E-state index contributed by atoms with van der Waals surface area (Å²) < 4.78 is -0.543. The van der Waals surface area contributed by atoms with Gasteiger partial charge in [-0.3, -0.25) is 10.0 Å². The van der Waals surface area contributed by atoms with Crippen LogP contribution in [-0.2, 0) is 9.59 Å². The molecule has 3 rings (SSSR count). The van der Waals surface area contributed by atoms with Gasteiger partial charge in [-0.25, -0.2) is 24.8 Å². The van der Waals surface area contributed by atoms with Gasteiger partial charge in [0, 0.05) is 19.4 Å². The number of hydrogen-bond donors (Lipinski definition) is 4. The largest absolute Gasteiger partial charge is 0.432 e. The zero-order chi connectivity index (χ0) is 25.4. The normalized spacial score (nSPS) is 23.9. The first kappa shape index (κ1) is 26.8. The summed E-state index contributed by atoms with van der Waals surface area (Å²) in [6.45, 7) is 1.77. The first-order valence-corrected chi connectivity index (χ1v) is 12.4. The highest BCUT2D eigenvalue weighted by molar-refractivity contribution is 5.95. The molecule has 0 bridgehead atoms. The monoisotopic (exact) mass is 489 g/mol. The Morgan fingerprint density at radius 2 is 1.83 bits per heavy atom. The van der Waals surface area contributed by atoms with Gasteiger partial charge in [0.15, 0.2) is 0 Å². The molecule has 35 heavy (non-hydrogen) atoms. The quantitative estimate of drug-likeness (QED) is 0.182. The smallest absolute Gasteiger partial charge is 0.387 e. The summed E-state index contributed by atoms with van der Waals surface area (Å²) in [6, 6.07) is 6.96. The number of nitrogens with zero attached hydrogens (tertiary/aromatic N) is 2. The number of benzene rings is 1. The van der Waals surface area contributed by atoms with Crippen LogP contribution in [0.1, 0.15) is 63.5 Å². The van der Waals surface area contributed by atoms with Crippen molar-refractivity contribution in [3.05, 3.63) is 35.9 Å². The number of hydroxylamine groups is 2. The summed E-state index contributed by atoms with van der Waals surface area (Å²) in [5, 5.41) is 25.4. The van der Waals surface area contributed by atoms with Crippen molar-refractivity contribution in [3.8, 4) is 0 Å². The van der Waals surface area contributed by atoms with Crippen molar-refractivity contribution in [3.63, 3.8) is 0 Å². The maximum Gasteiger partial charge on any atom is 0.432 e. The van der Waals surface area contributed by atoms with Gasteiger partial charge in [-0.1, -0.05) is 56.0 Å². The Kier molecular flexibility index (Phi) is 9.36. The van der Waals surface area contributed by atoms with E-state index in [0.717, 1.165) is 25.7 Å². The molecule has 1 unspecified atom stereocenters. The number of amides is 6. The number of likely N-dealkylation sites (tertiary alicyclic amines) is 1. The van der Waals surface area contributed by atoms with Crippen LogP contribution in [0.3, 0.4) is 0 Å². The Labute approximate surface area is 205 Å². The molecule has 4 N–H and O–H groups in total. The summed E-state index contributed by atoms with van der Waals surface area (Å²) in [5.74, 6) is -0.798.